The van der Waals surface area contributed by atoms with Gasteiger partial charge in [0.15, 0.2) is 5.82 Å². The number of anilines is 1. The SMILES string of the molecule is CCC(C)(CCO)NS(=O)(=O)c1cc(N)cc(Cl)c1F. The Bertz CT molecular complexity index is 595. The van der Waals surface area contributed by atoms with Gasteiger partial charge in [0.25, 0.3) is 0 Å². The van der Waals surface area contributed by atoms with Crippen LogP contribution in [0.2, 0.25) is 5.02 Å². The first kappa shape index (κ1) is 17.2. The van der Waals surface area contributed by atoms with Crippen molar-refractivity contribution in [3.05, 3.63) is 23.0 Å². The van der Waals surface area contributed by atoms with Gasteiger partial charge in [-0.05, 0) is 31.9 Å². The molecule has 8 heteroatoms. The average Bonchev–Trinajstić information content (AvgIpc) is 2.33. The van der Waals surface area contributed by atoms with Crippen molar-refractivity contribution in [3.8, 4) is 0 Å². The standard InChI is InChI=1S/C12H18ClFN2O3S/c1-3-12(2,4-5-17)16-20(18,19)10-7-8(15)6-9(13)11(10)14/h6-7,16-17H,3-5,15H2,1-2H3. The fourth-order valence-corrected chi connectivity index (χ4v) is 3.63. The molecule has 0 radical (unpaired) electrons. The molecule has 114 valence electrons. The van der Waals surface area contributed by atoms with Crippen LogP contribution in [0.3, 0.4) is 0 Å². The van der Waals surface area contributed by atoms with Crippen LogP contribution in [0.25, 0.3) is 0 Å². The van der Waals surface area contributed by atoms with Crippen molar-refractivity contribution < 1.29 is 17.9 Å². The molecule has 0 fully saturated rings. The van der Waals surface area contributed by atoms with Gasteiger partial charge in [0.2, 0.25) is 10.0 Å². The lowest BCUT2D eigenvalue weighted by molar-refractivity contribution is 0.233. The summed E-state index contributed by atoms with van der Waals surface area (Å²) >= 11 is 5.60. The first-order chi connectivity index (χ1) is 9.15. The van der Waals surface area contributed by atoms with Crippen LogP contribution in [-0.4, -0.2) is 25.7 Å². The van der Waals surface area contributed by atoms with Crippen LogP contribution in [0.15, 0.2) is 17.0 Å². The van der Waals surface area contributed by atoms with Crippen molar-refractivity contribution in [1.29, 1.82) is 0 Å². The van der Waals surface area contributed by atoms with Gasteiger partial charge in [-0.1, -0.05) is 18.5 Å². The summed E-state index contributed by atoms with van der Waals surface area (Å²) in [7, 11) is -4.13. The fraction of sp³-hybridized carbons (Fsp3) is 0.500. The molecule has 0 heterocycles. The minimum Gasteiger partial charge on any atom is -0.399 e. The zero-order valence-electron chi connectivity index (χ0n) is 11.3. The molecule has 5 nitrogen and oxygen atoms in total. The second-order valence-corrected chi connectivity index (χ2v) is 6.87. The molecule has 0 spiro atoms. The fourth-order valence-electron chi connectivity index (χ4n) is 1.71. The topological polar surface area (TPSA) is 92.4 Å². The number of nitrogen functional groups attached to an aromatic ring is 1. The molecule has 1 aromatic carbocycles. The van der Waals surface area contributed by atoms with Crippen molar-refractivity contribution in [1.82, 2.24) is 4.72 Å². The van der Waals surface area contributed by atoms with Crippen LogP contribution in [0.4, 0.5) is 10.1 Å². The third-order valence-electron chi connectivity index (χ3n) is 3.13. The van der Waals surface area contributed by atoms with E-state index in [0.717, 1.165) is 12.1 Å². The van der Waals surface area contributed by atoms with Crippen molar-refractivity contribution in [2.24, 2.45) is 0 Å². The number of aliphatic hydroxyl groups is 1. The average molecular weight is 325 g/mol. The minimum absolute atomic E-state index is 0.0529. The third-order valence-corrected chi connectivity index (χ3v) is 5.04. The van der Waals surface area contributed by atoms with E-state index in [4.69, 9.17) is 22.4 Å². The minimum atomic E-state index is -4.13. The zero-order chi connectivity index (χ0) is 15.6. The van der Waals surface area contributed by atoms with E-state index in [-0.39, 0.29) is 23.7 Å². The van der Waals surface area contributed by atoms with E-state index in [1.165, 1.54) is 0 Å². The highest BCUT2D eigenvalue weighted by molar-refractivity contribution is 7.89. The molecule has 0 saturated carbocycles. The van der Waals surface area contributed by atoms with E-state index in [1.807, 2.05) is 0 Å². The lowest BCUT2D eigenvalue weighted by Crippen LogP contribution is -2.46. The van der Waals surface area contributed by atoms with Gasteiger partial charge >= 0.3 is 0 Å². The Morgan fingerprint density at radius 3 is 2.60 bits per heavy atom. The van der Waals surface area contributed by atoms with E-state index >= 15 is 0 Å². The molecule has 20 heavy (non-hydrogen) atoms. The highest BCUT2D eigenvalue weighted by Crippen LogP contribution is 2.27. The van der Waals surface area contributed by atoms with Gasteiger partial charge in [-0.3, -0.25) is 0 Å². The molecule has 0 aliphatic rings. The van der Waals surface area contributed by atoms with Crippen molar-refractivity contribution in [2.45, 2.75) is 37.1 Å². The molecule has 4 N–H and O–H groups in total. The highest BCUT2D eigenvalue weighted by Gasteiger charge is 2.31. The summed E-state index contributed by atoms with van der Waals surface area (Å²) < 4.78 is 40.8. The number of hydrogen-bond acceptors (Lipinski definition) is 4. The molecule has 1 aromatic rings. The predicted octanol–water partition coefficient (Wildman–Crippen LogP) is 1.89. The van der Waals surface area contributed by atoms with E-state index in [1.54, 1.807) is 13.8 Å². The molecule has 1 unspecified atom stereocenters. The molecule has 0 aliphatic heterocycles. The van der Waals surface area contributed by atoms with Gasteiger partial charge in [0.1, 0.15) is 4.90 Å². The maximum absolute atomic E-state index is 13.9. The van der Waals surface area contributed by atoms with E-state index in [9.17, 15) is 12.8 Å². The Morgan fingerprint density at radius 2 is 2.10 bits per heavy atom. The Labute approximate surface area is 123 Å². The van der Waals surface area contributed by atoms with E-state index in [0.29, 0.717) is 6.42 Å². The highest BCUT2D eigenvalue weighted by atomic mass is 35.5. The van der Waals surface area contributed by atoms with Gasteiger partial charge in [-0.2, -0.15) is 0 Å². The van der Waals surface area contributed by atoms with Gasteiger partial charge in [-0.25, -0.2) is 17.5 Å². The summed E-state index contributed by atoms with van der Waals surface area (Å²) in [6, 6.07) is 2.15. The molecule has 0 amide bonds. The Morgan fingerprint density at radius 1 is 1.50 bits per heavy atom. The smallest absolute Gasteiger partial charge is 0.244 e. The second kappa shape index (κ2) is 6.26. The van der Waals surface area contributed by atoms with Gasteiger partial charge in [-0.15, -0.1) is 0 Å². The van der Waals surface area contributed by atoms with Gasteiger partial charge in [0.05, 0.1) is 5.02 Å². The lowest BCUT2D eigenvalue weighted by atomic mass is 9.97. The summed E-state index contributed by atoms with van der Waals surface area (Å²) in [5, 5.41) is 8.64. The molecule has 1 atom stereocenters. The van der Waals surface area contributed by atoms with Gasteiger partial charge in [0, 0.05) is 17.8 Å². The van der Waals surface area contributed by atoms with E-state index < -0.39 is 26.3 Å². The Kier molecular flexibility index (Phi) is 5.37. The number of nitrogens with one attached hydrogen (secondary N) is 1. The number of rotatable bonds is 6. The van der Waals surface area contributed by atoms with E-state index in [2.05, 4.69) is 4.72 Å². The lowest BCUT2D eigenvalue weighted by Gasteiger charge is -2.28. The first-order valence-corrected chi connectivity index (χ1v) is 7.90. The van der Waals surface area contributed by atoms with Gasteiger partial charge < -0.3 is 10.8 Å². The molecule has 0 saturated heterocycles. The van der Waals surface area contributed by atoms with Crippen LogP contribution in [0.1, 0.15) is 26.7 Å². The maximum Gasteiger partial charge on any atom is 0.244 e. The summed E-state index contributed by atoms with van der Waals surface area (Å²) in [5.41, 5.74) is 4.67. The quantitative estimate of drug-likeness (QED) is 0.697. The van der Waals surface area contributed by atoms with Crippen molar-refractivity contribution >= 4 is 27.3 Å². The summed E-state index contributed by atoms with van der Waals surface area (Å²) in [6.45, 7) is 3.21. The van der Waals surface area contributed by atoms with Crippen molar-refractivity contribution in [2.75, 3.05) is 12.3 Å². The van der Waals surface area contributed by atoms with Crippen LogP contribution >= 0.6 is 11.6 Å². The summed E-state index contributed by atoms with van der Waals surface area (Å²) in [4.78, 5) is -0.597. The summed E-state index contributed by atoms with van der Waals surface area (Å²) in [6.07, 6.45) is 0.644. The number of nitrogens with two attached hydrogens (primary N) is 1. The predicted molar refractivity (Wildman–Crippen MR) is 76.5 cm³/mol. The zero-order valence-corrected chi connectivity index (χ0v) is 12.9. The molecule has 1 rings (SSSR count). The number of benzene rings is 1. The molecular weight excluding hydrogens is 307 g/mol. The monoisotopic (exact) mass is 324 g/mol. The number of hydrogen-bond donors (Lipinski definition) is 3. The number of aliphatic hydroxyl groups excluding tert-OH is 1. The van der Waals surface area contributed by atoms with Crippen LogP contribution in [-0.2, 0) is 10.0 Å². The molecule has 0 aliphatic carbocycles. The largest absolute Gasteiger partial charge is 0.399 e. The maximum atomic E-state index is 13.9. The second-order valence-electron chi connectivity index (χ2n) is 4.81. The third kappa shape index (κ3) is 3.82. The normalized spacial score (nSPS) is 15.1. The van der Waals surface area contributed by atoms with Crippen LogP contribution in [0.5, 0.6) is 0 Å². The van der Waals surface area contributed by atoms with Crippen LogP contribution < -0.4 is 10.5 Å². The number of halogens is 2. The van der Waals surface area contributed by atoms with Crippen LogP contribution in [0, 0.1) is 5.82 Å². The molecule has 0 aromatic heterocycles. The molecular formula is C12H18ClFN2O3S. The number of sulfonamides is 1. The Hall–Kier alpha value is -0.890. The molecule has 0 bridgehead atoms. The summed E-state index contributed by atoms with van der Waals surface area (Å²) in [5.74, 6) is -1.05. The Balaban J connectivity index is 3.24. The first-order valence-electron chi connectivity index (χ1n) is 6.04. The van der Waals surface area contributed by atoms with Crippen molar-refractivity contribution in [3.63, 3.8) is 0 Å².